The molecule has 0 fully saturated rings. The summed E-state index contributed by atoms with van der Waals surface area (Å²) in [7, 11) is 0. The molecule has 8 heteroatoms. The molecule has 0 aliphatic heterocycles. The van der Waals surface area contributed by atoms with E-state index in [0.717, 1.165) is 0 Å². The van der Waals surface area contributed by atoms with Gasteiger partial charge in [-0.2, -0.15) is 13.2 Å². The molecule has 3 nitrogen and oxygen atoms in total. The topological polar surface area (TPSA) is 51.8 Å². The van der Waals surface area contributed by atoms with E-state index in [0.29, 0.717) is 0 Å². The van der Waals surface area contributed by atoms with Crippen LogP contribution in [0.1, 0.15) is 5.56 Å². The number of alkyl halides is 3. The molecule has 0 aromatic carbocycles. The van der Waals surface area contributed by atoms with Crippen molar-refractivity contribution in [2.45, 2.75) is 12.6 Å². The Bertz CT molecular complexity index is 330. The Labute approximate surface area is 87.0 Å². The SMILES string of the molecule is Nc1nc(Cl)c(CC(F)(F)F)c(Cl)n1. The van der Waals surface area contributed by atoms with Crippen LogP contribution >= 0.6 is 23.2 Å². The molecule has 14 heavy (non-hydrogen) atoms. The number of nitrogens with zero attached hydrogens (tertiary/aromatic N) is 2. The molecule has 2 N–H and O–H groups in total. The average molecular weight is 246 g/mol. The fourth-order valence-electron chi connectivity index (χ4n) is 0.793. The van der Waals surface area contributed by atoms with E-state index >= 15 is 0 Å². The van der Waals surface area contributed by atoms with Gasteiger partial charge in [-0.1, -0.05) is 23.2 Å². The van der Waals surface area contributed by atoms with Crippen LogP contribution in [0.2, 0.25) is 10.3 Å². The maximum atomic E-state index is 12.0. The van der Waals surface area contributed by atoms with E-state index in [1.165, 1.54) is 0 Å². The van der Waals surface area contributed by atoms with Crippen molar-refractivity contribution in [1.29, 1.82) is 0 Å². The molecular formula is C6H4Cl2F3N3. The van der Waals surface area contributed by atoms with E-state index in [-0.39, 0.29) is 21.8 Å². The van der Waals surface area contributed by atoms with Crippen molar-refractivity contribution in [1.82, 2.24) is 9.97 Å². The second-order valence-electron chi connectivity index (χ2n) is 2.43. The van der Waals surface area contributed by atoms with Crippen LogP contribution in [-0.2, 0) is 6.42 Å². The summed E-state index contributed by atoms with van der Waals surface area (Å²) in [5, 5.41) is -0.750. The molecule has 0 atom stereocenters. The highest BCUT2D eigenvalue weighted by Crippen LogP contribution is 2.29. The lowest BCUT2D eigenvalue weighted by Crippen LogP contribution is -2.14. The van der Waals surface area contributed by atoms with Crippen LogP contribution in [0.5, 0.6) is 0 Å². The molecule has 78 valence electrons. The molecule has 0 bridgehead atoms. The average Bonchev–Trinajstić information content (AvgIpc) is 1.95. The highest BCUT2D eigenvalue weighted by molar-refractivity contribution is 6.34. The molecule has 0 aliphatic carbocycles. The zero-order chi connectivity index (χ0) is 10.9. The van der Waals surface area contributed by atoms with Crippen molar-refractivity contribution in [3.8, 4) is 0 Å². The van der Waals surface area contributed by atoms with Gasteiger partial charge in [-0.05, 0) is 0 Å². The van der Waals surface area contributed by atoms with Gasteiger partial charge < -0.3 is 5.73 Å². The fourth-order valence-corrected chi connectivity index (χ4v) is 1.33. The summed E-state index contributed by atoms with van der Waals surface area (Å²) < 4.78 is 36.0. The number of halogens is 5. The second-order valence-corrected chi connectivity index (χ2v) is 3.15. The Kier molecular flexibility index (Phi) is 3.06. The van der Waals surface area contributed by atoms with Crippen molar-refractivity contribution >= 4 is 29.2 Å². The molecule has 1 heterocycles. The van der Waals surface area contributed by atoms with Crippen molar-refractivity contribution in [3.63, 3.8) is 0 Å². The molecule has 0 unspecified atom stereocenters. The molecule has 0 saturated heterocycles. The lowest BCUT2D eigenvalue weighted by atomic mass is 10.2. The van der Waals surface area contributed by atoms with Gasteiger partial charge in [-0.15, -0.1) is 0 Å². The third-order valence-corrected chi connectivity index (χ3v) is 1.93. The van der Waals surface area contributed by atoms with Crippen LogP contribution in [0.3, 0.4) is 0 Å². The predicted molar refractivity (Wildman–Crippen MR) is 46.2 cm³/mol. The first-order valence-corrected chi connectivity index (χ1v) is 4.09. The minimum atomic E-state index is -4.41. The third-order valence-electron chi connectivity index (χ3n) is 1.30. The van der Waals surface area contributed by atoms with E-state index in [1.54, 1.807) is 0 Å². The van der Waals surface area contributed by atoms with Crippen molar-refractivity contribution in [2.75, 3.05) is 5.73 Å². The monoisotopic (exact) mass is 245 g/mol. The molecular weight excluding hydrogens is 242 g/mol. The number of anilines is 1. The smallest absolute Gasteiger partial charge is 0.368 e. The number of nitrogen functional groups attached to an aromatic ring is 1. The van der Waals surface area contributed by atoms with Gasteiger partial charge >= 0.3 is 6.18 Å². The first-order chi connectivity index (χ1) is 6.29. The Morgan fingerprint density at radius 2 is 1.57 bits per heavy atom. The first-order valence-electron chi connectivity index (χ1n) is 3.34. The summed E-state index contributed by atoms with van der Waals surface area (Å²) in [6.45, 7) is 0. The Morgan fingerprint density at radius 1 is 1.14 bits per heavy atom. The van der Waals surface area contributed by atoms with Gasteiger partial charge in [-0.3, -0.25) is 0 Å². The molecule has 0 amide bonds. The fraction of sp³-hybridized carbons (Fsp3) is 0.333. The van der Waals surface area contributed by atoms with Crippen LogP contribution in [0.15, 0.2) is 0 Å². The number of nitrogens with two attached hydrogens (primary N) is 1. The van der Waals surface area contributed by atoms with E-state index in [2.05, 4.69) is 9.97 Å². The Hall–Kier alpha value is -0.750. The van der Waals surface area contributed by atoms with Crippen LogP contribution < -0.4 is 5.73 Å². The molecule has 1 rings (SSSR count). The van der Waals surface area contributed by atoms with Crippen LogP contribution in [0.4, 0.5) is 19.1 Å². The lowest BCUT2D eigenvalue weighted by Gasteiger charge is -2.08. The van der Waals surface area contributed by atoms with Gasteiger partial charge in [0.15, 0.2) is 0 Å². The van der Waals surface area contributed by atoms with E-state index < -0.39 is 12.6 Å². The van der Waals surface area contributed by atoms with Gasteiger partial charge in [0.2, 0.25) is 5.95 Å². The van der Waals surface area contributed by atoms with E-state index in [4.69, 9.17) is 28.9 Å². The second kappa shape index (κ2) is 3.78. The highest BCUT2D eigenvalue weighted by Gasteiger charge is 2.31. The molecule has 1 aromatic heterocycles. The zero-order valence-corrected chi connectivity index (χ0v) is 8.08. The van der Waals surface area contributed by atoms with E-state index in [1.807, 2.05) is 0 Å². The first kappa shape index (κ1) is 11.3. The molecule has 0 aliphatic rings. The zero-order valence-electron chi connectivity index (χ0n) is 6.57. The molecule has 0 saturated carbocycles. The number of hydrogen-bond acceptors (Lipinski definition) is 3. The van der Waals surface area contributed by atoms with Crippen molar-refractivity contribution < 1.29 is 13.2 Å². The summed E-state index contributed by atoms with van der Waals surface area (Å²) in [6.07, 6.45) is -5.68. The predicted octanol–water partition coefficient (Wildman–Crippen LogP) is 2.47. The minimum absolute atomic E-state index is 0.258. The molecule has 0 spiro atoms. The quantitative estimate of drug-likeness (QED) is 0.774. The Balaban J connectivity index is 3.09. The number of aromatic nitrogens is 2. The third kappa shape index (κ3) is 2.88. The van der Waals surface area contributed by atoms with Crippen LogP contribution in [0, 0.1) is 0 Å². The Morgan fingerprint density at radius 3 is 1.93 bits per heavy atom. The maximum absolute atomic E-state index is 12.0. The summed E-state index contributed by atoms with van der Waals surface area (Å²) in [5.41, 5.74) is 4.75. The summed E-state index contributed by atoms with van der Waals surface area (Å²) in [4.78, 5) is 6.73. The standard InChI is InChI=1S/C6H4Cl2F3N3/c7-3-2(1-6(9,10)11)4(8)14-5(12)13-3/h1H2,(H2,12,13,14). The van der Waals surface area contributed by atoms with Crippen molar-refractivity contribution in [2.24, 2.45) is 0 Å². The maximum Gasteiger partial charge on any atom is 0.393 e. The largest absolute Gasteiger partial charge is 0.393 e. The van der Waals surface area contributed by atoms with Gasteiger partial charge in [0.25, 0.3) is 0 Å². The van der Waals surface area contributed by atoms with Gasteiger partial charge in [0, 0.05) is 5.56 Å². The lowest BCUT2D eigenvalue weighted by molar-refractivity contribution is -0.127. The van der Waals surface area contributed by atoms with Gasteiger partial charge in [-0.25, -0.2) is 9.97 Å². The number of hydrogen-bond donors (Lipinski definition) is 1. The summed E-state index contributed by atoms with van der Waals surface area (Å²) in [6, 6.07) is 0. The van der Waals surface area contributed by atoms with Gasteiger partial charge in [0.05, 0.1) is 6.42 Å². The van der Waals surface area contributed by atoms with Crippen molar-refractivity contribution in [3.05, 3.63) is 15.9 Å². The minimum Gasteiger partial charge on any atom is -0.368 e. The normalized spacial score (nSPS) is 11.8. The van der Waals surface area contributed by atoms with Crippen LogP contribution in [-0.4, -0.2) is 16.1 Å². The summed E-state index contributed by atoms with van der Waals surface area (Å²) in [5.74, 6) is -0.258. The van der Waals surface area contributed by atoms with Gasteiger partial charge in [0.1, 0.15) is 10.3 Å². The summed E-state index contributed by atoms with van der Waals surface area (Å²) >= 11 is 10.9. The van der Waals surface area contributed by atoms with E-state index in [9.17, 15) is 13.2 Å². The van der Waals surface area contributed by atoms with Crippen LogP contribution in [0.25, 0.3) is 0 Å². The molecule has 1 aromatic rings. The molecule has 0 radical (unpaired) electrons. The highest BCUT2D eigenvalue weighted by atomic mass is 35.5. The number of rotatable bonds is 1.